The molecule has 0 bridgehead atoms. The summed E-state index contributed by atoms with van der Waals surface area (Å²) in [4.78, 5) is 12.9. The first-order chi connectivity index (χ1) is 6.30. The van der Waals surface area contributed by atoms with Crippen LogP contribution in [0.1, 0.15) is 20.3 Å². The van der Waals surface area contributed by atoms with E-state index in [0.29, 0.717) is 12.5 Å². The predicted octanol–water partition coefficient (Wildman–Crippen LogP) is -0.468. The van der Waals surface area contributed by atoms with Crippen molar-refractivity contribution in [3.05, 3.63) is 0 Å². The Labute approximate surface area is 84.3 Å². The molecular formula is C8H16N2O3S. The lowest BCUT2D eigenvalue weighted by Gasteiger charge is -2.18. The van der Waals surface area contributed by atoms with Gasteiger partial charge in [-0.2, -0.15) is 0 Å². The van der Waals surface area contributed by atoms with Gasteiger partial charge in [-0.3, -0.25) is 4.79 Å². The molecule has 1 rings (SSSR count). The molecule has 2 N–H and O–H groups in total. The zero-order valence-corrected chi connectivity index (χ0v) is 9.25. The molecule has 1 aliphatic heterocycles. The molecule has 1 saturated heterocycles. The van der Waals surface area contributed by atoms with Crippen LogP contribution < -0.4 is 5.14 Å². The number of rotatable bonds is 3. The van der Waals surface area contributed by atoms with E-state index in [4.69, 9.17) is 5.14 Å². The monoisotopic (exact) mass is 220 g/mol. The summed E-state index contributed by atoms with van der Waals surface area (Å²) in [5, 5.41) is 4.28. The van der Waals surface area contributed by atoms with Gasteiger partial charge in [-0.05, 0) is 5.92 Å². The van der Waals surface area contributed by atoms with Crippen LogP contribution in [0.3, 0.4) is 0 Å². The summed E-state index contributed by atoms with van der Waals surface area (Å²) in [7, 11) is -3.57. The normalized spacial score (nSPS) is 23.6. The number of hydrogen-bond donors (Lipinski definition) is 1. The standard InChI is InChI=1S/C8H16N2O3S/c1-6(2)4-10-5-7(3-8(10)11)14(9,12)13/h6-7H,3-5H2,1-2H3,(H2,9,12,13). The second kappa shape index (κ2) is 3.86. The smallest absolute Gasteiger partial charge is 0.224 e. The number of carbonyl (C=O) groups is 1. The van der Waals surface area contributed by atoms with Crippen LogP contribution in [0.25, 0.3) is 0 Å². The van der Waals surface area contributed by atoms with Crippen LogP contribution in [0.4, 0.5) is 0 Å². The van der Waals surface area contributed by atoms with Crippen LogP contribution in [0, 0.1) is 5.92 Å². The Kier molecular flexibility index (Phi) is 3.16. The summed E-state index contributed by atoms with van der Waals surface area (Å²) >= 11 is 0. The number of amides is 1. The number of sulfonamides is 1. The Balaban J connectivity index is 2.65. The summed E-state index contributed by atoms with van der Waals surface area (Å²) in [5.74, 6) is 0.232. The molecule has 0 saturated carbocycles. The SMILES string of the molecule is CC(C)CN1CC(S(N)(=O)=O)CC1=O. The minimum absolute atomic E-state index is 0.0333. The predicted molar refractivity (Wildman–Crippen MR) is 52.9 cm³/mol. The van der Waals surface area contributed by atoms with Gasteiger partial charge in [0.2, 0.25) is 15.9 Å². The molecule has 0 radical (unpaired) electrons. The number of hydrogen-bond acceptors (Lipinski definition) is 3. The number of primary sulfonamides is 1. The second-order valence-corrected chi connectivity index (χ2v) is 5.95. The molecule has 0 aliphatic carbocycles. The van der Waals surface area contributed by atoms with Crippen LogP contribution in [0.15, 0.2) is 0 Å². The summed E-state index contributed by atoms with van der Waals surface area (Å²) in [5.41, 5.74) is 0. The number of nitrogens with zero attached hydrogens (tertiary/aromatic N) is 1. The molecule has 1 fully saturated rings. The Morgan fingerprint density at radius 3 is 2.50 bits per heavy atom. The summed E-state index contributed by atoms with van der Waals surface area (Å²) in [6.45, 7) is 4.82. The fourth-order valence-corrected chi connectivity index (χ4v) is 2.34. The largest absolute Gasteiger partial charge is 0.341 e. The minimum Gasteiger partial charge on any atom is -0.341 e. The van der Waals surface area contributed by atoms with Gasteiger partial charge >= 0.3 is 0 Å². The highest BCUT2D eigenvalue weighted by atomic mass is 32.2. The van der Waals surface area contributed by atoms with Crippen LogP contribution in [0.5, 0.6) is 0 Å². The maximum Gasteiger partial charge on any atom is 0.224 e. The van der Waals surface area contributed by atoms with Crippen molar-refractivity contribution in [1.29, 1.82) is 0 Å². The van der Waals surface area contributed by atoms with E-state index in [0.717, 1.165) is 0 Å². The van der Waals surface area contributed by atoms with E-state index in [1.807, 2.05) is 13.8 Å². The lowest BCUT2D eigenvalue weighted by atomic mass is 10.2. The molecule has 14 heavy (non-hydrogen) atoms. The molecule has 6 heteroatoms. The van der Waals surface area contributed by atoms with Gasteiger partial charge in [-0.25, -0.2) is 13.6 Å². The lowest BCUT2D eigenvalue weighted by molar-refractivity contribution is -0.128. The van der Waals surface area contributed by atoms with Gasteiger partial charge in [-0.15, -0.1) is 0 Å². The quantitative estimate of drug-likeness (QED) is 0.698. The molecule has 1 unspecified atom stereocenters. The third kappa shape index (κ3) is 2.68. The van der Waals surface area contributed by atoms with E-state index in [9.17, 15) is 13.2 Å². The molecule has 5 nitrogen and oxygen atoms in total. The average molecular weight is 220 g/mol. The fraction of sp³-hybridized carbons (Fsp3) is 0.875. The molecule has 82 valence electrons. The molecule has 0 aromatic rings. The number of likely N-dealkylation sites (tertiary alicyclic amines) is 1. The number of carbonyl (C=O) groups excluding carboxylic acids is 1. The van der Waals surface area contributed by atoms with Crippen LogP contribution in [-0.4, -0.2) is 37.6 Å². The molecular weight excluding hydrogens is 204 g/mol. The van der Waals surface area contributed by atoms with Gasteiger partial charge in [0.25, 0.3) is 0 Å². The summed E-state index contributed by atoms with van der Waals surface area (Å²) in [6, 6.07) is 0. The topological polar surface area (TPSA) is 80.5 Å². The van der Waals surface area contributed by atoms with Crippen molar-refractivity contribution in [3.63, 3.8) is 0 Å². The number of nitrogens with two attached hydrogens (primary N) is 1. The molecule has 1 heterocycles. The van der Waals surface area contributed by atoms with Crippen molar-refractivity contribution in [2.24, 2.45) is 11.1 Å². The Morgan fingerprint density at radius 2 is 2.14 bits per heavy atom. The van der Waals surface area contributed by atoms with E-state index in [1.54, 1.807) is 4.90 Å². The first-order valence-electron chi connectivity index (χ1n) is 4.60. The van der Waals surface area contributed by atoms with E-state index >= 15 is 0 Å². The lowest BCUT2D eigenvalue weighted by Crippen LogP contribution is -2.33. The molecule has 1 aliphatic rings. The first-order valence-corrected chi connectivity index (χ1v) is 6.21. The van der Waals surface area contributed by atoms with Gasteiger partial charge < -0.3 is 4.90 Å². The van der Waals surface area contributed by atoms with Gasteiger partial charge in [0, 0.05) is 19.5 Å². The fourth-order valence-electron chi connectivity index (χ4n) is 1.57. The van der Waals surface area contributed by atoms with Gasteiger partial charge in [-0.1, -0.05) is 13.8 Å². The maximum atomic E-state index is 11.4. The maximum absolute atomic E-state index is 11.4. The highest BCUT2D eigenvalue weighted by Crippen LogP contribution is 2.17. The third-order valence-electron chi connectivity index (χ3n) is 2.23. The summed E-state index contributed by atoms with van der Waals surface area (Å²) < 4.78 is 22.0. The zero-order valence-electron chi connectivity index (χ0n) is 8.43. The van der Waals surface area contributed by atoms with E-state index in [-0.39, 0.29) is 18.9 Å². The molecule has 1 amide bonds. The van der Waals surface area contributed by atoms with E-state index in [1.165, 1.54) is 0 Å². The van der Waals surface area contributed by atoms with Crippen LogP contribution in [-0.2, 0) is 14.8 Å². The van der Waals surface area contributed by atoms with Gasteiger partial charge in [0.05, 0.1) is 0 Å². The molecule has 0 aromatic carbocycles. The van der Waals surface area contributed by atoms with Crippen molar-refractivity contribution in [2.45, 2.75) is 25.5 Å². The zero-order chi connectivity index (χ0) is 10.9. The minimum atomic E-state index is -3.57. The third-order valence-corrected chi connectivity index (χ3v) is 3.47. The van der Waals surface area contributed by atoms with Crippen molar-refractivity contribution < 1.29 is 13.2 Å². The van der Waals surface area contributed by atoms with Crippen LogP contribution >= 0.6 is 0 Å². The van der Waals surface area contributed by atoms with Crippen molar-refractivity contribution in [2.75, 3.05) is 13.1 Å². The first kappa shape index (κ1) is 11.5. The Bertz CT molecular complexity index is 323. The highest BCUT2D eigenvalue weighted by molar-refractivity contribution is 7.89. The van der Waals surface area contributed by atoms with Crippen molar-refractivity contribution >= 4 is 15.9 Å². The van der Waals surface area contributed by atoms with Crippen LogP contribution in [0.2, 0.25) is 0 Å². The molecule has 0 spiro atoms. The Morgan fingerprint density at radius 1 is 1.57 bits per heavy atom. The van der Waals surface area contributed by atoms with Gasteiger partial charge in [0.15, 0.2) is 0 Å². The van der Waals surface area contributed by atoms with Gasteiger partial charge in [0.1, 0.15) is 5.25 Å². The molecule has 1 atom stereocenters. The Hall–Kier alpha value is -0.620. The second-order valence-electron chi connectivity index (χ2n) is 4.11. The summed E-state index contributed by atoms with van der Waals surface area (Å²) in [6.07, 6.45) is 0.0333. The van der Waals surface area contributed by atoms with E-state index in [2.05, 4.69) is 0 Å². The highest BCUT2D eigenvalue weighted by Gasteiger charge is 2.36. The molecule has 0 aromatic heterocycles. The van der Waals surface area contributed by atoms with Crippen molar-refractivity contribution in [1.82, 2.24) is 4.90 Å². The van der Waals surface area contributed by atoms with E-state index < -0.39 is 15.3 Å². The van der Waals surface area contributed by atoms with Crippen molar-refractivity contribution in [3.8, 4) is 0 Å². The average Bonchev–Trinajstić information content (AvgIpc) is 2.30.